The largest absolute Gasteiger partial charge is 0.455 e. The maximum absolute atomic E-state index is 12.3. The van der Waals surface area contributed by atoms with E-state index >= 15 is 0 Å². The van der Waals surface area contributed by atoms with Crippen molar-refractivity contribution < 1.29 is 9.53 Å². The highest BCUT2D eigenvalue weighted by molar-refractivity contribution is 5.99. The molecule has 0 bridgehead atoms. The fourth-order valence-electron chi connectivity index (χ4n) is 2.73. The van der Waals surface area contributed by atoms with E-state index in [-0.39, 0.29) is 11.8 Å². The number of nitrogens with two attached hydrogens (primary N) is 1. The highest BCUT2D eigenvalue weighted by Crippen LogP contribution is 2.39. The van der Waals surface area contributed by atoms with Crippen LogP contribution in [0.4, 0.5) is 5.69 Å². The molecule has 1 atom stereocenters. The van der Waals surface area contributed by atoms with Crippen LogP contribution in [0.15, 0.2) is 48.5 Å². The average Bonchev–Trinajstić information content (AvgIpc) is 2.52. The molecule has 0 spiro atoms. The summed E-state index contributed by atoms with van der Waals surface area (Å²) in [5, 5.41) is 0. The van der Waals surface area contributed by atoms with E-state index in [2.05, 4.69) is 0 Å². The lowest BCUT2D eigenvalue weighted by atomic mass is 9.91. The van der Waals surface area contributed by atoms with E-state index in [1.54, 1.807) is 11.9 Å². The second-order valence-corrected chi connectivity index (χ2v) is 5.21. The van der Waals surface area contributed by atoms with Crippen molar-refractivity contribution in [2.24, 2.45) is 11.7 Å². The highest BCUT2D eigenvalue weighted by atomic mass is 16.5. The van der Waals surface area contributed by atoms with Gasteiger partial charge in [0.2, 0.25) is 5.91 Å². The molecule has 2 aromatic carbocycles. The van der Waals surface area contributed by atoms with E-state index in [0.29, 0.717) is 18.7 Å². The number of para-hydroxylation sites is 2. The smallest absolute Gasteiger partial charge is 0.231 e. The quantitative estimate of drug-likeness (QED) is 0.941. The Bertz CT molecular complexity index is 655. The fraction of sp³-hybridized carbons (Fsp3) is 0.235. The standard InChI is InChI=1S/C17H18N2O2/c1-19-16-12(10-13(11-18)17(19)20)6-5-9-15(16)21-14-7-3-2-4-8-14/h2-9,13H,10-11,18H2,1H3. The first-order valence-corrected chi connectivity index (χ1v) is 7.03. The maximum Gasteiger partial charge on any atom is 0.231 e. The Morgan fingerprint density at radius 1 is 1.19 bits per heavy atom. The number of carbonyl (C=O) groups is 1. The molecule has 0 aliphatic carbocycles. The molecule has 0 saturated carbocycles. The van der Waals surface area contributed by atoms with Crippen LogP contribution in [0.25, 0.3) is 0 Å². The van der Waals surface area contributed by atoms with Crippen LogP contribution in [-0.2, 0) is 11.2 Å². The van der Waals surface area contributed by atoms with E-state index < -0.39 is 0 Å². The summed E-state index contributed by atoms with van der Waals surface area (Å²) < 4.78 is 5.94. The van der Waals surface area contributed by atoms with Gasteiger partial charge < -0.3 is 15.4 Å². The van der Waals surface area contributed by atoms with Crippen LogP contribution in [-0.4, -0.2) is 19.5 Å². The van der Waals surface area contributed by atoms with Gasteiger partial charge in [0.15, 0.2) is 5.75 Å². The first-order valence-electron chi connectivity index (χ1n) is 7.03. The van der Waals surface area contributed by atoms with Gasteiger partial charge in [-0.3, -0.25) is 4.79 Å². The van der Waals surface area contributed by atoms with Gasteiger partial charge in [-0.1, -0.05) is 30.3 Å². The maximum atomic E-state index is 12.3. The Hall–Kier alpha value is -2.33. The van der Waals surface area contributed by atoms with E-state index in [4.69, 9.17) is 10.5 Å². The van der Waals surface area contributed by atoms with Gasteiger partial charge in [0, 0.05) is 13.6 Å². The van der Waals surface area contributed by atoms with Crippen molar-refractivity contribution in [1.82, 2.24) is 0 Å². The predicted molar refractivity (Wildman–Crippen MR) is 82.6 cm³/mol. The minimum atomic E-state index is -0.144. The van der Waals surface area contributed by atoms with Crippen LogP contribution in [0.5, 0.6) is 11.5 Å². The van der Waals surface area contributed by atoms with Gasteiger partial charge in [0.1, 0.15) is 5.75 Å². The van der Waals surface area contributed by atoms with Crippen molar-refractivity contribution in [1.29, 1.82) is 0 Å². The Balaban J connectivity index is 2.00. The van der Waals surface area contributed by atoms with E-state index in [1.165, 1.54) is 0 Å². The molecule has 3 rings (SSSR count). The number of hydrogen-bond donors (Lipinski definition) is 1. The predicted octanol–water partition coefficient (Wildman–Crippen LogP) is 2.57. The van der Waals surface area contributed by atoms with Gasteiger partial charge in [-0.15, -0.1) is 0 Å². The lowest BCUT2D eigenvalue weighted by Gasteiger charge is -2.32. The van der Waals surface area contributed by atoms with Gasteiger partial charge in [-0.2, -0.15) is 0 Å². The van der Waals surface area contributed by atoms with Gasteiger partial charge in [0.05, 0.1) is 11.6 Å². The van der Waals surface area contributed by atoms with Gasteiger partial charge in [-0.05, 0) is 30.2 Å². The van der Waals surface area contributed by atoms with Crippen molar-refractivity contribution in [2.45, 2.75) is 6.42 Å². The third kappa shape index (κ3) is 2.50. The van der Waals surface area contributed by atoms with E-state index in [1.807, 2.05) is 48.5 Å². The number of anilines is 1. The SMILES string of the molecule is CN1C(=O)C(CN)Cc2cccc(Oc3ccccc3)c21. The summed E-state index contributed by atoms with van der Waals surface area (Å²) in [5.74, 6) is 1.36. The number of hydrogen-bond acceptors (Lipinski definition) is 3. The number of amides is 1. The Labute approximate surface area is 124 Å². The molecule has 4 heteroatoms. The average molecular weight is 282 g/mol. The second kappa shape index (κ2) is 5.58. The number of benzene rings is 2. The van der Waals surface area contributed by atoms with Crippen LogP contribution in [0, 0.1) is 5.92 Å². The van der Waals surface area contributed by atoms with Gasteiger partial charge in [0.25, 0.3) is 0 Å². The summed E-state index contributed by atoms with van der Waals surface area (Å²) in [7, 11) is 1.78. The monoisotopic (exact) mass is 282 g/mol. The van der Waals surface area contributed by atoms with Crippen LogP contribution < -0.4 is 15.4 Å². The molecule has 1 amide bonds. The van der Waals surface area contributed by atoms with Crippen molar-refractivity contribution in [2.75, 3.05) is 18.5 Å². The fourth-order valence-corrected chi connectivity index (χ4v) is 2.73. The van der Waals surface area contributed by atoms with Crippen LogP contribution in [0.1, 0.15) is 5.56 Å². The minimum Gasteiger partial charge on any atom is -0.455 e. The van der Waals surface area contributed by atoms with Crippen LogP contribution >= 0.6 is 0 Å². The summed E-state index contributed by atoms with van der Waals surface area (Å²) in [6.07, 6.45) is 0.668. The third-order valence-corrected chi connectivity index (χ3v) is 3.82. The molecule has 1 aliphatic rings. The highest BCUT2D eigenvalue weighted by Gasteiger charge is 2.31. The molecule has 21 heavy (non-hydrogen) atoms. The second-order valence-electron chi connectivity index (χ2n) is 5.21. The summed E-state index contributed by atoms with van der Waals surface area (Å²) in [6, 6.07) is 15.4. The molecule has 0 saturated heterocycles. The molecule has 1 heterocycles. The molecule has 0 aromatic heterocycles. The molecule has 2 aromatic rings. The lowest BCUT2D eigenvalue weighted by Crippen LogP contribution is -2.42. The zero-order valence-corrected chi connectivity index (χ0v) is 12.0. The number of fused-ring (bicyclic) bond motifs is 1. The third-order valence-electron chi connectivity index (χ3n) is 3.82. The van der Waals surface area contributed by atoms with Crippen LogP contribution in [0.2, 0.25) is 0 Å². The van der Waals surface area contributed by atoms with Crippen molar-refractivity contribution >= 4 is 11.6 Å². The minimum absolute atomic E-state index is 0.0501. The van der Waals surface area contributed by atoms with Crippen molar-refractivity contribution in [3.63, 3.8) is 0 Å². The molecule has 0 radical (unpaired) electrons. The van der Waals surface area contributed by atoms with Crippen molar-refractivity contribution in [3.8, 4) is 11.5 Å². The lowest BCUT2D eigenvalue weighted by molar-refractivity contribution is -0.122. The Kier molecular flexibility index (Phi) is 3.62. The molecule has 0 fully saturated rings. The summed E-state index contributed by atoms with van der Waals surface area (Å²) in [5.41, 5.74) is 7.64. The van der Waals surface area contributed by atoms with Crippen LogP contribution in [0.3, 0.4) is 0 Å². The number of carbonyl (C=O) groups excluding carboxylic acids is 1. The zero-order valence-electron chi connectivity index (χ0n) is 12.0. The topological polar surface area (TPSA) is 55.6 Å². The Morgan fingerprint density at radius 3 is 2.67 bits per heavy atom. The van der Waals surface area contributed by atoms with Gasteiger partial charge >= 0.3 is 0 Å². The van der Waals surface area contributed by atoms with E-state index in [9.17, 15) is 4.79 Å². The number of rotatable bonds is 3. The Morgan fingerprint density at radius 2 is 1.95 bits per heavy atom. The summed E-state index contributed by atoms with van der Waals surface area (Å²) >= 11 is 0. The molecular formula is C17H18N2O2. The number of nitrogens with zero attached hydrogens (tertiary/aromatic N) is 1. The normalized spacial score (nSPS) is 17.5. The molecule has 2 N–H and O–H groups in total. The molecular weight excluding hydrogens is 264 g/mol. The van der Waals surface area contributed by atoms with Crippen molar-refractivity contribution in [3.05, 3.63) is 54.1 Å². The molecule has 1 unspecified atom stereocenters. The summed E-state index contributed by atoms with van der Waals surface area (Å²) in [6.45, 7) is 0.367. The van der Waals surface area contributed by atoms with Gasteiger partial charge in [-0.25, -0.2) is 0 Å². The number of ether oxygens (including phenoxy) is 1. The molecule has 4 nitrogen and oxygen atoms in total. The molecule has 108 valence electrons. The molecule has 1 aliphatic heterocycles. The van der Waals surface area contributed by atoms with E-state index in [0.717, 1.165) is 17.0 Å². The first-order chi connectivity index (χ1) is 10.2. The zero-order chi connectivity index (χ0) is 14.8. The summed E-state index contributed by atoms with van der Waals surface area (Å²) in [4.78, 5) is 14.0. The first kappa shape index (κ1) is 13.6.